The molecular formula is C19H18F6N6O2. The SMILES string of the molecule is COc1cc(-c2cc3n(n2)CCC3)c(C(F)(F)F)cn1.Cn1nc(C(F)(F)F)cc1C(N)=O. The summed E-state index contributed by atoms with van der Waals surface area (Å²) in [5, 5.41) is 7.34. The minimum Gasteiger partial charge on any atom is -0.481 e. The van der Waals surface area contributed by atoms with Crippen LogP contribution >= 0.6 is 0 Å². The van der Waals surface area contributed by atoms with Crippen molar-refractivity contribution in [3.63, 3.8) is 0 Å². The molecule has 3 aromatic rings. The van der Waals surface area contributed by atoms with Crippen molar-refractivity contribution in [1.82, 2.24) is 24.5 Å². The number of pyridine rings is 1. The van der Waals surface area contributed by atoms with E-state index in [-0.39, 0.29) is 17.1 Å². The third kappa shape index (κ3) is 5.26. The van der Waals surface area contributed by atoms with Gasteiger partial charge in [-0.1, -0.05) is 0 Å². The van der Waals surface area contributed by atoms with Crippen LogP contribution < -0.4 is 10.5 Å². The fraction of sp³-hybridized carbons (Fsp3) is 0.368. The van der Waals surface area contributed by atoms with Crippen molar-refractivity contribution in [2.45, 2.75) is 31.7 Å². The molecule has 0 fully saturated rings. The van der Waals surface area contributed by atoms with Gasteiger partial charge in [0, 0.05) is 43.2 Å². The lowest BCUT2D eigenvalue weighted by Gasteiger charge is -2.11. The Morgan fingerprint density at radius 3 is 2.27 bits per heavy atom. The van der Waals surface area contributed by atoms with Crippen molar-refractivity contribution in [2.75, 3.05) is 7.11 Å². The fourth-order valence-electron chi connectivity index (χ4n) is 3.21. The summed E-state index contributed by atoms with van der Waals surface area (Å²) < 4.78 is 82.7. The van der Waals surface area contributed by atoms with E-state index in [1.165, 1.54) is 20.2 Å². The van der Waals surface area contributed by atoms with Crippen LogP contribution in [-0.4, -0.2) is 37.6 Å². The lowest BCUT2D eigenvalue weighted by atomic mass is 10.1. The van der Waals surface area contributed by atoms with Crippen LogP contribution in [0.3, 0.4) is 0 Å². The first-order chi connectivity index (χ1) is 15.3. The maximum Gasteiger partial charge on any atom is 0.435 e. The maximum absolute atomic E-state index is 13.1. The van der Waals surface area contributed by atoms with Gasteiger partial charge in [0.2, 0.25) is 5.88 Å². The van der Waals surface area contributed by atoms with E-state index in [1.807, 2.05) is 0 Å². The Morgan fingerprint density at radius 1 is 1.09 bits per heavy atom. The van der Waals surface area contributed by atoms with Crippen molar-refractivity contribution >= 4 is 5.91 Å². The van der Waals surface area contributed by atoms with Gasteiger partial charge in [-0.05, 0) is 18.9 Å². The lowest BCUT2D eigenvalue weighted by Crippen LogP contribution is -2.15. The molecule has 33 heavy (non-hydrogen) atoms. The molecule has 1 aliphatic rings. The number of carbonyl (C=O) groups excluding carboxylic acids is 1. The molecule has 3 aromatic heterocycles. The number of halogens is 6. The number of aromatic nitrogens is 5. The molecule has 2 N–H and O–H groups in total. The van der Waals surface area contributed by atoms with Gasteiger partial charge in [-0.2, -0.15) is 36.5 Å². The molecule has 0 aliphatic carbocycles. The molecule has 1 aliphatic heterocycles. The standard InChI is InChI=1S/C13H12F3N3O.C6H6F3N3O/c1-20-12-6-9(10(7-17-12)13(14,15)16)11-5-8-3-2-4-19(8)18-11;1-12-3(5(10)13)2-4(11-12)6(7,8)9/h5-7H,2-4H2,1H3;2H,1H3,(H2,10,13). The second-order valence-corrected chi connectivity index (χ2v) is 7.02. The lowest BCUT2D eigenvalue weighted by molar-refractivity contribution is -0.141. The Hall–Kier alpha value is -3.58. The molecule has 0 unspecified atom stereocenters. The molecule has 14 heteroatoms. The first-order valence-corrected chi connectivity index (χ1v) is 9.40. The van der Waals surface area contributed by atoms with Crippen LogP contribution in [0.2, 0.25) is 0 Å². The zero-order chi connectivity index (χ0) is 24.6. The first-order valence-electron chi connectivity index (χ1n) is 9.40. The number of rotatable bonds is 3. The largest absolute Gasteiger partial charge is 0.481 e. The number of aryl methyl sites for hydroxylation is 3. The average Bonchev–Trinajstić information content (AvgIpc) is 3.41. The van der Waals surface area contributed by atoms with Crippen molar-refractivity contribution < 1.29 is 35.9 Å². The van der Waals surface area contributed by atoms with Crippen LogP contribution in [0.25, 0.3) is 11.3 Å². The molecule has 0 saturated heterocycles. The van der Waals surface area contributed by atoms with Gasteiger partial charge in [0.25, 0.3) is 5.91 Å². The third-order valence-corrected chi connectivity index (χ3v) is 4.76. The summed E-state index contributed by atoms with van der Waals surface area (Å²) in [6.45, 7) is 0.749. The number of fused-ring (bicyclic) bond motifs is 1. The number of methoxy groups -OCH3 is 1. The molecule has 0 bridgehead atoms. The number of alkyl halides is 6. The van der Waals surface area contributed by atoms with Gasteiger partial charge in [0.15, 0.2) is 5.69 Å². The highest BCUT2D eigenvalue weighted by Crippen LogP contribution is 2.38. The summed E-state index contributed by atoms with van der Waals surface area (Å²) >= 11 is 0. The monoisotopic (exact) mass is 476 g/mol. The molecule has 0 radical (unpaired) electrons. The maximum atomic E-state index is 13.1. The number of nitrogens with two attached hydrogens (primary N) is 1. The number of ether oxygens (including phenoxy) is 1. The van der Waals surface area contributed by atoms with Gasteiger partial charge >= 0.3 is 12.4 Å². The summed E-state index contributed by atoms with van der Waals surface area (Å²) in [5.41, 5.74) is 3.90. The predicted molar refractivity (Wildman–Crippen MR) is 102 cm³/mol. The van der Waals surface area contributed by atoms with E-state index in [0.717, 1.165) is 36.0 Å². The molecule has 0 aromatic carbocycles. The molecular weight excluding hydrogens is 458 g/mol. The van der Waals surface area contributed by atoms with Gasteiger partial charge in [-0.3, -0.25) is 14.2 Å². The summed E-state index contributed by atoms with van der Waals surface area (Å²) in [6.07, 6.45) is -6.41. The minimum atomic E-state index is -4.55. The highest BCUT2D eigenvalue weighted by molar-refractivity contribution is 5.91. The minimum absolute atomic E-state index is 0.00579. The van der Waals surface area contributed by atoms with Crippen molar-refractivity contribution in [2.24, 2.45) is 12.8 Å². The molecule has 4 heterocycles. The number of carbonyl (C=O) groups is 1. The molecule has 0 atom stereocenters. The predicted octanol–water partition coefficient (Wildman–Crippen LogP) is 3.46. The van der Waals surface area contributed by atoms with Crippen LogP contribution in [0.1, 0.15) is 33.9 Å². The molecule has 0 saturated carbocycles. The summed E-state index contributed by atoms with van der Waals surface area (Å²) in [6, 6.07) is 3.60. The van der Waals surface area contributed by atoms with Crippen LogP contribution in [0.4, 0.5) is 26.3 Å². The van der Waals surface area contributed by atoms with E-state index in [0.29, 0.717) is 11.8 Å². The zero-order valence-corrected chi connectivity index (χ0v) is 17.3. The van der Waals surface area contributed by atoms with E-state index >= 15 is 0 Å². The summed E-state index contributed by atoms with van der Waals surface area (Å²) in [5.74, 6) is -0.799. The molecule has 0 spiro atoms. The normalized spacial score (nSPS) is 13.3. The van der Waals surface area contributed by atoms with Crippen LogP contribution in [0.5, 0.6) is 5.88 Å². The smallest absolute Gasteiger partial charge is 0.435 e. The van der Waals surface area contributed by atoms with Crippen molar-refractivity contribution in [3.05, 3.63) is 47.0 Å². The van der Waals surface area contributed by atoms with E-state index in [9.17, 15) is 31.1 Å². The second-order valence-electron chi connectivity index (χ2n) is 7.02. The van der Waals surface area contributed by atoms with Crippen LogP contribution in [0.15, 0.2) is 24.4 Å². The Morgan fingerprint density at radius 2 is 1.79 bits per heavy atom. The molecule has 8 nitrogen and oxygen atoms in total. The van der Waals surface area contributed by atoms with Gasteiger partial charge < -0.3 is 10.5 Å². The number of amides is 1. The second kappa shape index (κ2) is 8.75. The van der Waals surface area contributed by atoms with Crippen LogP contribution in [0, 0.1) is 0 Å². The van der Waals surface area contributed by atoms with E-state index in [1.54, 1.807) is 10.7 Å². The van der Waals surface area contributed by atoms with Crippen LogP contribution in [-0.2, 0) is 32.4 Å². The molecule has 4 rings (SSSR count). The van der Waals surface area contributed by atoms with E-state index < -0.39 is 29.5 Å². The number of hydrogen-bond donors (Lipinski definition) is 1. The average molecular weight is 476 g/mol. The van der Waals surface area contributed by atoms with E-state index in [2.05, 4.69) is 15.2 Å². The van der Waals surface area contributed by atoms with Gasteiger partial charge in [0.1, 0.15) is 5.69 Å². The number of hydrogen-bond acceptors (Lipinski definition) is 5. The number of nitrogens with zero attached hydrogens (tertiary/aromatic N) is 5. The topological polar surface area (TPSA) is 101 Å². The van der Waals surface area contributed by atoms with Gasteiger partial charge in [0.05, 0.1) is 18.4 Å². The first kappa shape index (κ1) is 24.1. The molecule has 178 valence electrons. The summed E-state index contributed by atoms with van der Waals surface area (Å²) in [4.78, 5) is 14.2. The third-order valence-electron chi connectivity index (χ3n) is 4.76. The quantitative estimate of drug-likeness (QED) is 0.584. The van der Waals surface area contributed by atoms with E-state index in [4.69, 9.17) is 10.5 Å². The van der Waals surface area contributed by atoms with Crippen molar-refractivity contribution in [1.29, 1.82) is 0 Å². The summed E-state index contributed by atoms with van der Waals surface area (Å²) in [7, 11) is 2.59. The zero-order valence-electron chi connectivity index (χ0n) is 17.3. The highest BCUT2D eigenvalue weighted by atomic mass is 19.4. The Balaban J connectivity index is 0.000000205. The van der Waals surface area contributed by atoms with Gasteiger partial charge in [-0.25, -0.2) is 4.98 Å². The number of primary amides is 1. The Labute approximate surface area is 183 Å². The van der Waals surface area contributed by atoms with Gasteiger partial charge in [-0.15, -0.1) is 0 Å². The highest BCUT2D eigenvalue weighted by Gasteiger charge is 2.36. The Kier molecular flexibility index (Phi) is 6.38. The van der Waals surface area contributed by atoms with Crippen molar-refractivity contribution in [3.8, 4) is 17.1 Å². The Bertz CT molecular complexity index is 1140. The fourth-order valence-corrected chi connectivity index (χ4v) is 3.21. The molecule has 1 amide bonds.